The number of carbonyl (C=O) groups excluding carboxylic acids is 4. The molecule has 610 valence electrons. The van der Waals surface area contributed by atoms with Crippen LogP contribution >= 0.6 is 15.6 Å². The highest BCUT2D eigenvalue weighted by atomic mass is 31.2. The van der Waals surface area contributed by atoms with Crippen molar-refractivity contribution < 1.29 is 80.2 Å². The number of allylic oxidation sites excluding steroid dienone is 31. The Bertz CT molecular complexity index is 2810. The number of ether oxygens (including phenoxy) is 4. The van der Waals surface area contributed by atoms with E-state index in [1.165, 1.54) is 38.5 Å². The lowest BCUT2D eigenvalue weighted by molar-refractivity contribution is -0.161. The first kappa shape index (κ1) is 102. The summed E-state index contributed by atoms with van der Waals surface area (Å²) in [5.41, 5.74) is 0. The van der Waals surface area contributed by atoms with Crippen LogP contribution in [0.2, 0.25) is 0 Å². The van der Waals surface area contributed by atoms with Gasteiger partial charge in [0, 0.05) is 19.3 Å². The zero-order valence-electron chi connectivity index (χ0n) is 66.7. The van der Waals surface area contributed by atoms with Crippen LogP contribution in [0.5, 0.6) is 0 Å². The van der Waals surface area contributed by atoms with Gasteiger partial charge in [-0.1, -0.05) is 299 Å². The molecule has 0 saturated carbocycles. The summed E-state index contributed by atoms with van der Waals surface area (Å²) in [6.45, 7) is 4.28. The maximum atomic E-state index is 13.1. The number of phosphoric acid groups is 2. The average molecular weight is 1550 g/mol. The van der Waals surface area contributed by atoms with E-state index in [1.807, 2.05) is 36.5 Å². The van der Waals surface area contributed by atoms with Crippen molar-refractivity contribution in [2.75, 3.05) is 39.6 Å². The van der Waals surface area contributed by atoms with Gasteiger partial charge in [0.15, 0.2) is 12.2 Å². The second-order valence-electron chi connectivity index (χ2n) is 26.2. The van der Waals surface area contributed by atoms with Gasteiger partial charge in [-0.15, -0.1) is 0 Å². The molecule has 0 radical (unpaired) electrons. The number of hydrogen-bond acceptors (Lipinski definition) is 15. The molecule has 0 fully saturated rings. The van der Waals surface area contributed by atoms with Gasteiger partial charge >= 0.3 is 39.5 Å². The van der Waals surface area contributed by atoms with Gasteiger partial charge < -0.3 is 33.8 Å². The standard InChI is InChI=1S/C89H142O17P2/c1-5-9-13-17-21-25-29-33-37-39-41-43-47-50-54-58-62-66-70-74-87(92)100-80-85(106-89(94)76-72-68-64-60-56-52-48-44-42-40-38-34-30-26-22-18-14-10-6-2)82-104-108(97,98)102-78-83(90)77-101-107(95,96)103-81-84(105-88(93)75-71-67-63-59-55-51-46-36-32-28-24-20-16-12-8-4)79-99-86(91)73-69-65-61-57-53-49-45-35-31-27-23-19-15-11-7-3/h9-11,13-15,21-23,25-27,33-38,41-46,50,53-54,57,62,65-66,69,83-85,90H,5-8,12,16-20,24,28-32,39-40,47-49,51-52,55-56,58-61,63-64,67-68,70-82H2,1-4H3,(H,95,96)(H,97,98)/b13-9-,14-10-,15-11-,25-21-,26-22-,27-23-,37-33-,38-34-,43-41-,44-42-,45-35-,46-36-,54-50-,57-53-,66-62-,69-65-. The Kier molecular flexibility index (Phi) is 74.5. The predicted octanol–water partition coefficient (Wildman–Crippen LogP) is 24.1. The molecule has 0 aromatic carbocycles. The van der Waals surface area contributed by atoms with Crippen molar-refractivity contribution in [2.24, 2.45) is 0 Å². The molecule has 3 N–H and O–H groups in total. The first-order valence-corrected chi connectivity index (χ1v) is 43.7. The highest BCUT2D eigenvalue weighted by Crippen LogP contribution is 2.45. The predicted molar refractivity (Wildman–Crippen MR) is 445 cm³/mol. The summed E-state index contributed by atoms with van der Waals surface area (Å²) in [4.78, 5) is 73.0. The Morgan fingerprint density at radius 2 is 0.537 bits per heavy atom. The SMILES string of the molecule is CC/C=C\C/C=C\C/C=C\C/C=C\C/C=C\C/C=C\CCC(=O)OCC(COP(=O)(O)OCC(O)COP(=O)(O)OCC(COC(=O)C/C=C\C/C=C\C/C=C\C/C=C\C/C=C\CC)OC(=O)CCCCCCC/C=C\CCCCCCCC)OC(=O)CCCCCCCC/C=C\C/C=C\C/C=C\C/C=C\CC. The Hall–Kier alpha value is -6.10. The number of rotatable bonds is 74. The molecule has 0 rings (SSSR count). The first-order valence-electron chi connectivity index (χ1n) is 40.7. The molecule has 5 atom stereocenters. The number of carbonyl (C=O) groups is 4. The Morgan fingerprint density at radius 1 is 0.278 bits per heavy atom. The van der Waals surface area contributed by atoms with Crippen molar-refractivity contribution in [3.63, 3.8) is 0 Å². The molecule has 19 heteroatoms. The van der Waals surface area contributed by atoms with E-state index in [1.54, 1.807) is 6.08 Å². The molecule has 0 aliphatic carbocycles. The van der Waals surface area contributed by atoms with Crippen molar-refractivity contribution in [1.29, 1.82) is 0 Å². The highest BCUT2D eigenvalue weighted by molar-refractivity contribution is 7.47. The fourth-order valence-corrected chi connectivity index (χ4v) is 11.6. The quantitative estimate of drug-likeness (QED) is 0.0169. The molecule has 5 unspecified atom stereocenters. The van der Waals surface area contributed by atoms with Crippen molar-refractivity contribution in [3.05, 3.63) is 194 Å². The molecule has 0 aliphatic heterocycles. The zero-order valence-corrected chi connectivity index (χ0v) is 68.5. The normalized spacial score (nSPS) is 14.8. The van der Waals surface area contributed by atoms with Crippen LogP contribution in [0.3, 0.4) is 0 Å². The third-order valence-electron chi connectivity index (χ3n) is 16.1. The van der Waals surface area contributed by atoms with Crippen molar-refractivity contribution in [2.45, 2.75) is 303 Å². The molecule has 0 spiro atoms. The summed E-state index contributed by atoms with van der Waals surface area (Å²) in [5, 5.41) is 10.7. The maximum absolute atomic E-state index is 13.1. The Balaban J connectivity index is 5.54. The van der Waals surface area contributed by atoms with E-state index in [-0.39, 0.29) is 25.7 Å². The molecule has 0 aromatic heterocycles. The third-order valence-corrected chi connectivity index (χ3v) is 18.0. The minimum atomic E-state index is -5.02. The van der Waals surface area contributed by atoms with E-state index in [4.69, 9.17) is 37.0 Å². The highest BCUT2D eigenvalue weighted by Gasteiger charge is 2.30. The molecule has 0 amide bonds. The van der Waals surface area contributed by atoms with Crippen LogP contribution in [0.25, 0.3) is 0 Å². The van der Waals surface area contributed by atoms with E-state index in [0.717, 1.165) is 161 Å². The minimum absolute atomic E-state index is 0.0230. The summed E-state index contributed by atoms with van der Waals surface area (Å²) in [7, 11) is -10.0. The number of aliphatic hydroxyl groups is 1. The van der Waals surface area contributed by atoms with Crippen LogP contribution in [0.1, 0.15) is 285 Å². The fourth-order valence-electron chi connectivity index (χ4n) is 10.0. The van der Waals surface area contributed by atoms with Gasteiger partial charge in [0.25, 0.3) is 0 Å². The summed E-state index contributed by atoms with van der Waals surface area (Å²) >= 11 is 0. The van der Waals surface area contributed by atoms with E-state index >= 15 is 0 Å². The van der Waals surface area contributed by atoms with Crippen LogP contribution in [0.4, 0.5) is 0 Å². The van der Waals surface area contributed by atoms with Crippen LogP contribution in [-0.4, -0.2) is 96.7 Å². The lowest BCUT2D eigenvalue weighted by Gasteiger charge is -2.21. The van der Waals surface area contributed by atoms with Crippen molar-refractivity contribution >= 4 is 39.5 Å². The van der Waals surface area contributed by atoms with Crippen molar-refractivity contribution in [1.82, 2.24) is 0 Å². The third kappa shape index (κ3) is 78.0. The van der Waals surface area contributed by atoms with E-state index in [2.05, 4.69) is 180 Å². The summed E-state index contributed by atoms with van der Waals surface area (Å²) in [6, 6.07) is 0. The Morgan fingerprint density at radius 3 is 0.870 bits per heavy atom. The number of hydrogen-bond donors (Lipinski definition) is 3. The lowest BCUT2D eigenvalue weighted by atomic mass is 10.1. The van der Waals surface area contributed by atoms with E-state index in [9.17, 15) is 43.2 Å². The van der Waals surface area contributed by atoms with Gasteiger partial charge in [-0.05, 0) is 154 Å². The van der Waals surface area contributed by atoms with Crippen LogP contribution < -0.4 is 0 Å². The van der Waals surface area contributed by atoms with Crippen LogP contribution in [-0.2, 0) is 65.4 Å². The van der Waals surface area contributed by atoms with Crippen molar-refractivity contribution in [3.8, 4) is 0 Å². The number of aliphatic hydroxyl groups excluding tert-OH is 1. The molecule has 0 saturated heterocycles. The molecule has 108 heavy (non-hydrogen) atoms. The molecule has 17 nitrogen and oxygen atoms in total. The Labute approximate surface area is 653 Å². The molecule has 0 aromatic rings. The summed E-state index contributed by atoms with van der Waals surface area (Å²) in [5.74, 6) is -2.46. The second-order valence-corrected chi connectivity index (χ2v) is 29.1. The largest absolute Gasteiger partial charge is 0.472 e. The topological polar surface area (TPSA) is 237 Å². The molecule has 0 heterocycles. The molecular weight excluding hydrogens is 1400 g/mol. The molecule has 0 aliphatic rings. The van der Waals surface area contributed by atoms with Gasteiger partial charge in [-0.25, -0.2) is 9.13 Å². The summed E-state index contributed by atoms with van der Waals surface area (Å²) in [6.07, 6.45) is 97.4. The maximum Gasteiger partial charge on any atom is 0.472 e. The summed E-state index contributed by atoms with van der Waals surface area (Å²) < 4.78 is 68.5. The molecule has 0 bridgehead atoms. The van der Waals surface area contributed by atoms with Gasteiger partial charge in [-0.3, -0.25) is 37.3 Å². The van der Waals surface area contributed by atoms with Gasteiger partial charge in [0.1, 0.15) is 19.3 Å². The van der Waals surface area contributed by atoms with E-state index < -0.39 is 97.5 Å². The average Bonchev–Trinajstić information content (AvgIpc) is 0.896. The van der Waals surface area contributed by atoms with E-state index in [0.29, 0.717) is 32.1 Å². The lowest BCUT2D eigenvalue weighted by Crippen LogP contribution is -2.30. The smallest absolute Gasteiger partial charge is 0.462 e. The first-order chi connectivity index (χ1) is 52.7. The van der Waals surface area contributed by atoms with Gasteiger partial charge in [-0.2, -0.15) is 0 Å². The fraction of sp³-hybridized carbons (Fsp3) is 0.596. The molecular formula is C89H142O17P2. The zero-order chi connectivity index (χ0) is 78.9. The second kappa shape index (κ2) is 79.0. The number of unbranched alkanes of at least 4 members (excludes halogenated alkanes) is 17. The van der Waals surface area contributed by atoms with Crippen LogP contribution in [0, 0.1) is 0 Å². The number of esters is 4. The minimum Gasteiger partial charge on any atom is -0.462 e. The van der Waals surface area contributed by atoms with Gasteiger partial charge in [0.2, 0.25) is 0 Å². The van der Waals surface area contributed by atoms with Crippen LogP contribution in [0.15, 0.2) is 194 Å². The number of phosphoric ester groups is 2. The van der Waals surface area contributed by atoms with Gasteiger partial charge in [0.05, 0.1) is 32.8 Å². The monoisotopic (exact) mass is 1540 g/mol.